The maximum absolute atomic E-state index is 12.6. The number of hydrazone groups is 1. The number of fused-ring (bicyclic) bond motifs is 2. The number of carbonyl (C=O) groups excluding carboxylic acids is 1. The van der Waals surface area contributed by atoms with Gasteiger partial charge in [0.2, 0.25) is 0 Å². The van der Waals surface area contributed by atoms with Crippen LogP contribution in [0.25, 0.3) is 11.0 Å². The molecule has 2 heterocycles. The standard InChI is InChI=1S/C25H28N4O5/c1-14-7-20-19(15(2)12-25(3,4)28(20)5)9-17(14)13-26-27-24(30)22-10-16-8-18(29(31)32)11-21(33-6)23(16)34-22/h7-11,13,15H,12H2,1-6H3,(H,27,30)/b26-13-. The van der Waals surface area contributed by atoms with Gasteiger partial charge in [0.1, 0.15) is 0 Å². The first-order valence-corrected chi connectivity index (χ1v) is 11.0. The van der Waals surface area contributed by atoms with Gasteiger partial charge in [-0.1, -0.05) is 6.92 Å². The Hall–Kier alpha value is -3.88. The molecule has 1 atom stereocenters. The second kappa shape index (κ2) is 8.48. The molecule has 2 aromatic carbocycles. The molecule has 1 N–H and O–H groups in total. The van der Waals surface area contributed by atoms with E-state index in [4.69, 9.17) is 9.15 Å². The number of aryl methyl sites for hydroxylation is 1. The third-order valence-corrected chi connectivity index (χ3v) is 6.61. The Morgan fingerprint density at radius 2 is 2.06 bits per heavy atom. The first-order chi connectivity index (χ1) is 16.0. The zero-order valence-electron chi connectivity index (χ0n) is 20.1. The zero-order valence-corrected chi connectivity index (χ0v) is 20.1. The Labute approximate surface area is 197 Å². The molecule has 1 aliphatic rings. The summed E-state index contributed by atoms with van der Waals surface area (Å²) in [5.41, 5.74) is 7.10. The number of nitro groups is 1. The van der Waals surface area contributed by atoms with E-state index < -0.39 is 10.8 Å². The highest BCUT2D eigenvalue weighted by Crippen LogP contribution is 2.43. The van der Waals surface area contributed by atoms with Gasteiger partial charge in [-0.2, -0.15) is 5.10 Å². The smallest absolute Gasteiger partial charge is 0.307 e. The van der Waals surface area contributed by atoms with Crippen LogP contribution in [0.2, 0.25) is 0 Å². The molecule has 9 heteroatoms. The first kappa shape index (κ1) is 23.3. The third kappa shape index (κ3) is 4.09. The van der Waals surface area contributed by atoms with Gasteiger partial charge in [0.25, 0.3) is 5.69 Å². The Kier molecular flexibility index (Phi) is 5.80. The maximum atomic E-state index is 12.6. The van der Waals surface area contributed by atoms with Gasteiger partial charge in [0.15, 0.2) is 17.1 Å². The number of carbonyl (C=O) groups is 1. The molecule has 0 saturated heterocycles. The number of nitrogens with zero attached hydrogens (tertiary/aromatic N) is 3. The van der Waals surface area contributed by atoms with Crippen molar-refractivity contribution in [3.63, 3.8) is 0 Å². The van der Waals surface area contributed by atoms with Gasteiger partial charge < -0.3 is 14.1 Å². The lowest BCUT2D eigenvalue weighted by molar-refractivity contribution is -0.384. The molecule has 0 saturated carbocycles. The van der Waals surface area contributed by atoms with Crippen molar-refractivity contribution in [1.29, 1.82) is 0 Å². The lowest BCUT2D eigenvalue weighted by atomic mass is 9.79. The van der Waals surface area contributed by atoms with Gasteiger partial charge in [0, 0.05) is 29.7 Å². The van der Waals surface area contributed by atoms with Crippen LogP contribution in [-0.2, 0) is 0 Å². The number of nitro benzene ring substituents is 1. The minimum Gasteiger partial charge on any atom is -0.493 e. The number of ether oxygens (including phenoxy) is 1. The van der Waals surface area contributed by atoms with Crippen LogP contribution in [0.3, 0.4) is 0 Å². The number of methoxy groups -OCH3 is 1. The zero-order chi connectivity index (χ0) is 24.8. The van der Waals surface area contributed by atoms with E-state index in [1.54, 1.807) is 6.21 Å². The van der Waals surface area contributed by atoms with Gasteiger partial charge >= 0.3 is 5.91 Å². The van der Waals surface area contributed by atoms with Crippen molar-refractivity contribution in [2.24, 2.45) is 5.10 Å². The molecule has 0 bridgehead atoms. The quantitative estimate of drug-likeness (QED) is 0.318. The van der Waals surface area contributed by atoms with Gasteiger partial charge in [-0.3, -0.25) is 14.9 Å². The number of non-ortho nitro benzene ring substituents is 1. The number of benzene rings is 2. The number of rotatable bonds is 5. The molecule has 9 nitrogen and oxygen atoms in total. The van der Waals surface area contributed by atoms with Gasteiger partial charge in [0.05, 0.1) is 24.3 Å². The highest BCUT2D eigenvalue weighted by Gasteiger charge is 2.34. The lowest BCUT2D eigenvalue weighted by Crippen LogP contribution is -2.45. The van der Waals surface area contributed by atoms with E-state index in [9.17, 15) is 14.9 Å². The second-order valence-corrected chi connectivity index (χ2v) is 9.38. The molecular formula is C25H28N4O5. The van der Waals surface area contributed by atoms with Crippen LogP contribution in [0.1, 0.15) is 60.4 Å². The van der Waals surface area contributed by atoms with E-state index in [1.165, 1.54) is 36.6 Å². The molecule has 178 valence electrons. The summed E-state index contributed by atoms with van der Waals surface area (Å²) in [7, 11) is 3.50. The topological polar surface area (TPSA) is 110 Å². The van der Waals surface area contributed by atoms with Crippen molar-refractivity contribution in [1.82, 2.24) is 5.43 Å². The Balaban J connectivity index is 1.56. The number of amides is 1. The Morgan fingerprint density at radius 3 is 2.74 bits per heavy atom. The summed E-state index contributed by atoms with van der Waals surface area (Å²) in [4.78, 5) is 25.5. The molecule has 1 aromatic heterocycles. The summed E-state index contributed by atoms with van der Waals surface area (Å²) in [5.74, 6) is -0.00923. The van der Waals surface area contributed by atoms with Crippen LogP contribution in [0.5, 0.6) is 5.75 Å². The fraction of sp³-hybridized carbons (Fsp3) is 0.360. The minimum absolute atomic E-state index is 0.0226. The predicted octanol–water partition coefficient (Wildman–Crippen LogP) is 5.14. The number of hydrogen-bond acceptors (Lipinski definition) is 7. The molecule has 3 aromatic rings. The fourth-order valence-electron chi connectivity index (χ4n) is 4.56. The van der Waals surface area contributed by atoms with E-state index in [2.05, 4.69) is 55.4 Å². The molecule has 1 unspecified atom stereocenters. The van der Waals surface area contributed by atoms with E-state index in [1.807, 2.05) is 6.92 Å². The van der Waals surface area contributed by atoms with Crippen LogP contribution in [0.15, 0.2) is 39.9 Å². The van der Waals surface area contributed by atoms with Crippen molar-refractivity contribution in [2.75, 3.05) is 19.1 Å². The second-order valence-electron chi connectivity index (χ2n) is 9.38. The largest absolute Gasteiger partial charge is 0.493 e. The highest BCUT2D eigenvalue weighted by molar-refractivity contribution is 5.98. The van der Waals surface area contributed by atoms with Gasteiger partial charge in [-0.05, 0) is 68.0 Å². The molecule has 1 aliphatic heterocycles. The third-order valence-electron chi connectivity index (χ3n) is 6.61. The van der Waals surface area contributed by atoms with Crippen molar-refractivity contribution in [3.8, 4) is 5.75 Å². The van der Waals surface area contributed by atoms with Crippen molar-refractivity contribution >= 4 is 34.5 Å². The van der Waals surface area contributed by atoms with E-state index in [-0.39, 0.29) is 28.3 Å². The van der Waals surface area contributed by atoms with Crippen molar-refractivity contribution < 1.29 is 18.9 Å². The van der Waals surface area contributed by atoms with E-state index in [0.717, 1.165) is 17.5 Å². The number of nitrogens with one attached hydrogen (secondary N) is 1. The number of furan rings is 1. The normalized spacial score (nSPS) is 17.1. The van der Waals surface area contributed by atoms with Crippen LogP contribution in [0, 0.1) is 17.0 Å². The lowest BCUT2D eigenvalue weighted by Gasteiger charge is -2.45. The molecule has 0 spiro atoms. The van der Waals surface area contributed by atoms with Crippen LogP contribution < -0.4 is 15.1 Å². The predicted molar refractivity (Wildman–Crippen MR) is 131 cm³/mol. The minimum atomic E-state index is -0.567. The summed E-state index contributed by atoms with van der Waals surface area (Å²) in [6.45, 7) is 8.74. The summed E-state index contributed by atoms with van der Waals surface area (Å²) < 4.78 is 10.8. The Bertz CT molecular complexity index is 1320. The monoisotopic (exact) mass is 464 g/mol. The molecule has 1 amide bonds. The summed E-state index contributed by atoms with van der Waals surface area (Å²) >= 11 is 0. The molecule has 0 radical (unpaired) electrons. The SMILES string of the molecule is COc1cc([N+](=O)[O-])cc2cc(C(=O)N/N=C\c3cc4c(cc3C)N(C)C(C)(C)CC4C)oc12. The molecule has 4 rings (SSSR count). The molecular weight excluding hydrogens is 436 g/mol. The van der Waals surface area contributed by atoms with E-state index in [0.29, 0.717) is 11.3 Å². The number of anilines is 1. The maximum Gasteiger partial charge on any atom is 0.307 e. The molecule has 0 fully saturated rings. The molecule has 34 heavy (non-hydrogen) atoms. The average Bonchev–Trinajstić information content (AvgIpc) is 3.21. The van der Waals surface area contributed by atoms with Crippen molar-refractivity contribution in [3.05, 3.63) is 62.9 Å². The fourth-order valence-corrected chi connectivity index (χ4v) is 4.56. The summed E-state index contributed by atoms with van der Waals surface area (Å²) in [5, 5.41) is 15.7. The van der Waals surface area contributed by atoms with E-state index >= 15 is 0 Å². The van der Waals surface area contributed by atoms with Gasteiger partial charge in [-0.15, -0.1) is 0 Å². The van der Waals surface area contributed by atoms with Crippen LogP contribution >= 0.6 is 0 Å². The summed E-state index contributed by atoms with van der Waals surface area (Å²) in [6.07, 6.45) is 2.66. The number of hydrogen-bond donors (Lipinski definition) is 1. The van der Waals surface area contributed by atoms with Gasteiger partial charge in [-0.25, -0.2) is 5.43 Å². The first-order valence-electron chi connectivity index (χ1n) is 11.0. The average molecular weight is 465 g/mol. The Morgan fingerprint density at radius 1 is 1.32 bits per heavy atom. The van der Waals surface area contributed by atoms with Crippen LogP contribution in [0.4, 0.5) is 11.4 Å². The highest BCUT2D eigenvalue weighted by atomic mass is 16.6. The molecule has 0 aliphatic carbocycles. The van der Waals surface area contributed by atoms with Crippen LogP contribution in [-0.4, -0.2) is 36.7 Å². The van der Waals surface area contributed by atoms with Crippen molar-refractivity contribution in [2.45, 2.75) is 45.6 Å². The summed E-state index contributed by atoms with van der Waals surface area (Å²) in [6, 6.07) is 8.30.